The fourth-order valence-corrected chi connectivity index (χ4v) is 1.45. The van der Waals surface area contributed by atoms with Gasteiger partial charge in [0, 0.05) is 25.2 Å². The molecular formula is C9H12N4O. The second kappa shape index (κ2) is 4.04. The molecule has 1 aromatic heterocycles. The highest BCUT2D eigenvalue weighted by atomic mass is 16.1. The van der Waals surface area contributed by atoms with Gasteiger partial charge in [0.2, 0.25) is 5.91 Å². The van der Waals surface area contributed by atoms with Crippen LogP contribution in [0.15, 0.2) is 18.3 Å². The quantitative estimate of drug-likeness (QED) is 0.716. The van der Waals surface area contributed by atoms with Crippen molar-refractivity contribution in [1.29, 1.82) is 0 Å². The molecule has 2 heterocycles. The lowest BCUT2D eigenvalue weighted by Crippen LogP contribution is -2.31. The van der Waals surface area contributed by atoms with E-state index in [1.807, 2.05) is 12.1 Å². The van der Waals surface area contributed by atoms with E-state index in [-0.39, 0.29) is 11.9 Å². The molecule has 74 valence electrons. The summed E-state index contributed by atoms with van der Waals surface area (Å²) in [5, 5.41) is 13.6. The first-order valence-electron chi connectivity index (χ1n) is 4.65. The standard InChI is InChI=1S/C9H12N4O/c14-9-4-3-7(12-9)6-10-8-2-1-5-11-13-8/h1-2,5,7H,3-4,6H2,(H,10,13)(H,12,14). The smallest absolute Gasteiger partial charge is 0.220 e. The molecule has 0 bridgehead atoms. The molecule has 0 aromatic carbocycles. The van der Waals surface area contributed by atoms with Gasteiger partial charge in [-0.3, -0.25) is 4.79 Å². The molecule has 1 aliphatic rings. The van der Waals surface area contributed by atoms with Crippen LogP contribution in [0.25, 0.3) is 0 Å². The maximum atomic E-state index is 10.9. The maximum Gasteiger partial charge on any atom is 0.220 e. The van der Waals surface area contributed by atoms with Crippen molar-refractivity contribution in [2.75, 3.05) is 11.9 Å². The third-order valence-corrected chi connectivity index (χ3v) is 2.19. The van der Waals surface area contributed by atoms with Gasteiger partial charge in [-0.25, -0.2) is 0 Å². The highest BCUT2D eigenvalue weighted by molar-refractivity contribution is 5.78. The van der Waals surface area contributed by atoms with Gasteiger partial charge in [-0.2, -0.15) is 5.10 Å². The number of anilines is 1. The summed E-state index contributed by atoms with van der Waals surface area (Å²) >= 11 is 0. The molecule has 1 saturated heterocycles. The Bertz CT molecular complexity index is 314. The van der Waals surface area contributed by atoms with Crippen LogP contribution in [0.5, 0.6) is 0 Å². The van der Waals surface area contributed by atoms with Gasteiger partial charge in [0.15, 0.2) is 0 Å². The molecule has 2 rings (SSSR count). The van der Waals surface area contributed by atoms with Crippen LogP contribution in [-0.4, -0.2) is 28.7 Å². The van der Waals surface area contributed by atoms with Gasteiger partial charge in [-0.05, 0) is 18.6 Å². The Balaban J connectivity index is 1.80. The molecule has 5 nitrogen and oxygen atoms in total. The molecule has 1 atom stereocenters. The van der Waals surface area contributed by atoms with E-state index < -0.39 is 0 Å². The Morgan fingerprint density at radius 1 is 1.64 bits per heavy atom. The molecule has 0 radical (unpaired) electrons. The van der Waals surface area contributed by atoms with E-state index in [4.69, 9.17) is 0 Å². The monoisotopic (exact) mass is 192 g/mol. The van der Waals surface area contributed by atoms with Gasteiger partial charge in [0.1, 0.15) is 5.82 Å². The van der Waals surface area contributed by atoms with Crippen molar-refractivity contribution < 1.29 is 4.79 Å². The molecule has 14 heavy (non-hydrogen) atoms. The zero-order chi connectivity index (χ0) is 9.80. The van der Waals surface area contributed by atoms with Crippen molar-refractivity contribution in [3.63, 3.8) is 0 Å². The van der Waals surface area contributed by atoms with E-state index in [0.29, 0.717) is 13.0 Å². The van der Waals surface area contributed by atoms with E-state index in [1.54, 1.807) is 6.20 Å². The summed E-state index contributed by atoms with van der Waals surface area (Å²) in [6, 6.07) is 3.90. The van der Waals surface area contributed by atoms with Crippen LogP contribution in [0.1, 0.15) is 12.8 Å². The first-order chi connectivity index (χ1) is 6.84. The number of hydrogen-bond donors (Lipinski definition) is 2. The van der Waals surface area contributed by atoms with Crippen LogP contribution >= 0.6 is 0 Å². The second-order valence-corrected chi connectivity index (χ2v) is 3.29. The molecule has 0 saturated carbocycles. The van der Waals surface area contributed by atoms with Crippen molar-refractivity contribution >= 4 is 11.7 Å². The van der Waals surface area contributed by atoms with E-state index in [9.17, 15) is 4.79 Å². The van der Waals surface area contributed by atoms with Gasteiger partial charge in [-0.1, -0.05) is 0 Å². The molecule has 1 unspecified atom stereocenters. The summed E-state index contributed by atoms with van der Waals surface area (Å²) in [7, 11) is 0. The number of aromatic nitrogens is 2. The summed E-state index contributed by atoms with van der Waals surface area (Å²) in [6.07, 6.45) is 3.15. The Kier molecular flexibility index (Phi) is 2.58. The summed E-state index contributed by atoms with van der Waals surface area (Å²) < 4.78 is 0. The Morgan fingerprint density at radius 2 is 2.57 bits per heavy atom. The fourth-order valence-electron chi connectivity index (χ4n) is 1.45. The van der Waals surface area contributed by atoms with E-state index in [1.165, 1.54) is 0 Å². The summed E-state index contributed by atoms with van der Waals surface area (Å²) in [4.78, 5) is 10.9. The maximum absolute atomic E-state index is 10.9. The molecule has 1 aromatic rings. The number of nitrogens with zero attached hydrogens (tertiary/aromatic N) is 2. The summed E-state index contributed by atoms with van der Waals surface area (Å²) in [5.41, 5.74) is 0. The number of carbonyl (C=O) groups excluding carboxylic acids is 1. The Hall–Kier alpha value is -1.65. The van der Waals surface area contributed by atoms with Crippen LogP contribution in [0, 0.1) is 0 Å². The number of rotatable bonds is 3. The third-order valence-electron chi connectivity index (χ3n) is 2.19. The average molecular weight is 192 g/mol. The van der Waals surface area contributed by atoms with Gasteiger partial charge in [0.25, 0.3) is 0 Å². The average Bonchev–Trinajstić information content (AvgIpc) is 2.63. The molecule has 1 fully saturated rings. The SMILES string of the molecule is O=C1CCC(CNc2cccnn2)N1. The highest BCUT2D eigenvalue weighted by Gasteiger charge is 2.19. The van der Waals surface area contributed by atoms with Crippen molar-refractivity contribution in [2.24, 2.45) is 0 Å². The normalized spacial score (nSPS) is 20.6. The lowest BCUT2D eigenvalue weighted by molar-refractivity contribution is -0.119. The molecule has 1 amide bonds. The van der Waals surface area contributed by atoms with E-state index in [0.717, 1.165) is 12.2 Å². The number of nitrogens with one attached hydrogen (secondary N) is 2. The van der Waals surface area contributed by atoms with Crippen molar-refractivity contribution in [2.45, 2.75) is 18.9 Å². The van der Waals surface area contributed by atoms with Crippen LogP contribution in [0.3, 0.4) is 0 Å². The second-order valence-electron chi connectivity index (χ2n) is 3.29. The third kappa shape index (κ3) is 2.18. The van der Waals surface area contributed by atoms with Crippen molar-refractivity contribution in [1.82, 2.24) is 15.5 Å². The minimum Gasteiger partial charge on any atom is -0.367 e. The highest BCUT2D eigenvalue weighted by Crippen LogP contribution is 2.07. The largest absolute Gasteiger partial charge is 0.367 e. The zero-order valence-electron chi connectivity index (χ0n) is 7.73. The van der Waals surface area contributed by atoms with Crippen LogP contribution in [-0.2, 0) is 4.79 Å². The lowest BCUT2D eigenvalue weighted by Gasteiger charge is -2.10. The first-order valence-corrected chi connectivity index (χ1v) is 4.65. The minimum atomic E-state index is 0.135. The van der Waals surface area contributed by atoms with Gasteiger partial charge >= 0.3 is 0 Å². The Morgan fingerprint density at radius 3 is 3.21 bits per heavy atom. The van der Waals surface area contributed by atoms with Crippen molar-refractivity contribution in [3.05, 3.63) is 18.3 Å². The lowest BCUT2D eigenvalue weighted by atomic mass is 10.2. The number of hydrogen-bond acceptors (Lipinski definition) is 4. The molecule has 2 N–H and O–H groups in total. The van der Waals surface area contributed by atoms with Gasteiger partial charge in [-0.15, -0.1) is 5.10 Å². The van der Waals surface area contributed by atoms with E-state index in [2.05, 4.69) is 20.8 Å². The summed E-state index contributed by atoms with van der Waals surface area (Å²) in [6.45, 7) is 0.713. The molecule has 5 heteroatoms. The van der Waals surface area contributed by atoms with Crippen LogP contribution in [0.4, 0.5) is 5.82 Å². The zero-order valence-corrected chi connectivity index (χ0v) is 7.73. The Labute approximate surface area is 81.9 Å². The first kappa shape index (κ1) is 8.93. The van der Waals surface area contributed by atoms with Gasteiger partial charge in [0.05, 0.1) is 0 Å². The predicted molar refractivity (Wildman–Crippen MR) is 51.7 cm³/mol. The number of amides is 1. The van der Waals surface area contributed by atoms with Crippen LogP contribution in [0.2, 0.25) is 0 Å². The molecule has 0 aliphatic carbocycles. The number of carbonyl (C=O) groups is 1. The summed E-state index contributed by atoms with van der Waals surface area (Å²) in [5.74, 6) is 0.879. The van der Waals surface area contributed by atoms with E-state index >= 15 is 0 Å². The predicted octanol–water partition coefficient (Wildman–Crippen LogP) is 0.167. The molecular weight excluding hydrogens is 180 g/mol. The minimum absolute atomic E-state index is 0.135. The molecule has 1 aliphatic heterocycles. The van der Waals surface area contributed by atoms with Crippen LogP contribution < -0.4 is 10.6 Å². The fraction of sp³-hybridized carbons (Fsp3) is 0.444. The topological polar surface area (TPSA) is 66.9 Å². The van der Waals surface area contributed by atoms with Gasteiger partial charge < -0.3 is 10.6 Å². The molecule has 0 spiro atoms. The van der Waals surface area contributed by atoms with Crippen molar-refractivity contribution in [3.8, 4) is 0 Å².